The minimum atomic E-state index is -0.765. The van der Waals surface area contributed by atoms with Gasteiger partial charge in [-0.15, -0.1) is 0 Å². The van der Waals surface area contributed by atoms with Gasteiger partial charge in [0.2, 0.25) is 0 Å². The Bertz CT molecular complexity index is 449. The molecule has 1 aromatic carbocycles. The highest BCUT2D eigenvalue weighted by molar-refractivity contribution is 9.10. The van der Waals surface area contributed by atoms with E-state index in [0.29, 0.717) is 25.1 Å². The van der Waals surface area contributed by atoms with E-state index >= 15 is 0 Å². The summed E-state index contributed by atoms with van der Waals surface area (Å²) in [7, 11) is 0. The molecular weight excluding hydrogens is 313 g/mol. The van der Waals surface area contributed by atoms with E-state index in [2.05, 4.69) is 21.2 Å². The van der Waals surface area contributed by atoms with Crippen molar-refractivity contribution in [3.8, 4) is 0 Å². The predicted octanol–water partition coefficient (Wildman–Crippen LogP) is 3.06. The molecule has 0 bridgehead atoms. The molecule has 0 heterocycles. The van der Waals surface area contributed by atoms with Crippen LogP contribution in [0, 0.1) is 5.82 Å². The molecule has 0 aliphatic heterocycles. The van der Waals surface area contributed by atoms with Gasteiger partial charge < -0.3 is 10.1 Å². The smallest absolute Gasteiger partial charge is 0.325 e. The molecule has 0 saturated heterocycles. The highest BCUT2D eigenvalue weighted by Crippen LogP contribution is 2.16. The van der Waals surface area contributed by atoms with Crippen molar-refractivity contribution in [2.45, 2.75) is 32.7 Å². The maximum Gasteiger partial charge on any atom is 0.325 e. The van der Waals surface area contributed by atoms with E-state index in [9.17, 15) is 9.18 Å². The number of benzene rings is 1. The Labute approximate surface area is 121 Å². The van der Waals surface area contributed by atoms with Crippen LogP contribution < -0.4 is 5.32 Å². The van der Waals surface area contributed by atoms with Crippen molar-refractivity contribution < 1.29 is 13.9 Å². The summed E-state index contributed by atoms with van der Waals surface area (Å²) in [5.74, 6) is -0.538. The number of esters is 1. The van der Waals surface area contributed by atoms with Crippen LogP contribution in [0.5, 0.6) is 0 Å². The van der Waals surface area contributed by atoms with Crippen molar-refractivity contribution in [1.82, 2.24) is 5.32 Å². The zero-order chi connectivity index (χ0) is 14.5. The first-order chi connectivity index (χ1) is 8.86. The largest absolute Gasteiger partial charge is 0.465 e. The van der Waals surface area contributed by atoms with E-state index in [1.165, 1.54) is 6.07 Å². The molecule has 0 atom stereocenters. The van der Waals surface area contributed by atoms with E-state index in [-0.39, 0.29) is 11.8 Å². The normalized spacial score (nSPS) is 11.4. The maximum atomic E-state index is 13.5. The molecule has 1 N–H and O–H groups in total. The van der Waals surface area contributed by atoms with Crippen molar-refractivity contribution in [1.29, 1.82) is 0 Å². The Morgan fingerprint density at radius 1 is 1.47 bits per heavy atom. The number of halogens is 2. The quantitative estimate of drug-likeness (QED) is 0.814. The van der Waals surface area contributed by atoms with E-state index in [1.54, 1.807) is 32.9 Å². The van der Waals surface area contributed by atoms with Gasteiger partial charge in [-0.3, -0.25) is 4.79 Å². The van der Waals surface area contributed by atoms with Crippen LogP contribution in [0.2, 0.25) is 0 Å². The fourth-order valence-corrected chi connectivity index (χ4v) is 2.04. The minimum Gasteiger partial charge on any atom is -0.465 e. The van der Waals surface area contributed by atoms with Crippen molar-refractivity contribution in [3.63, 3.8) is 0 Å². The van der Waals surface area contributed by atoms with Crippen molar-refractivity contribution in [3.05, 3.63) is 34.1 Å². The van der Waals surface area contributed by atoms with Gasteiger partial charge >= 0.3 is 5.97 Å². The number of hydrogen-bond acceptors (Lipinski definition) is 3. The van der Waals surface area contributed by atoms with E-state index in [1.807, 2.05) is 0 Å². The molecule has 3 nitrogen and oxygen atoms in total. The molecule has 0 amide bonds. The second kappa shape index (κ2) is 7.01. The van der Waals surface area contributed by atoms with Crippen LogP contribution in [0.25, 0.3) is 0 Å². The van der Waals surface area contributed by atoms with Crippen molar-refractivity contribution >= 4 is 21.9 Å². The molecule has 0 unspecified atom stereocenters. The third-order valence-corrected chi connectivity index (χ3v) is 3.25. The third-order valence-electron chi connectivity index (χ3n) is 2.75. The molecule has 19 heavy (non-hydrogen) atoms. The molecule has 1 rings (SSSR count). The third kappa shape index (κ3) is 4.91. The van der Waals surface area contributed by atoms with Gasteiger partial charge in [0.25, 0.3) is 0 Å². The molecule has 0 saturated carbocycles. The monoisotopic (exact) mass is 331 g/mol. The fourth-order valence-electron chi connectivity index (χ4n) is 1.63. The van der Waals surface area contributed by atoms with Crippen LogP contribution in [0.4, 0.5) is 4.39 Å². The van der Waals surface area contributed by atoms with Gasteiger partial charge in [-0.25, -0.2) is 4.39 Å². The average molecular weight is 332 g/mol. The van der Waals surface area contributed by atoms with Crippen molar-refractivity contribution in [2.24, 2.45) is 0 Å². The lowest BCUT2D eigenvalue weighted by Gasteiger charge is -2.23. The number of ether oxygens (including phenoxy) is 1. The molecule has 0 spiro atoms. The summed E-state index contributed by atoms with van der Waals surface area (Å²) in [6, 6.07) is 4.83. The Morgan fingerprint density at radius 3 is 2.79 bits per heavy atom. The van der Waals surface area contributed by atoms with Crippen LogP contribution in [-0.2, 0) is 16.0 Å². The molecule has 106 valence electrons. The van der Waals surface area contributed by atoms with Crippen LogP contribution in [0.3, 0.4) is 0 Å². The molecule has 0 fully saturated rings. The lowest BCUT2D eigenvalue weighted by Crippen LogP contribution is -2.48. The highest BCUT2D eigenvalue weighted by atomic mass is 79.9. The first-order valence-electron chi connectivity index (χ1n) is 6.23. The van der Waals surface area contributed by atoms with Gasteiger partial charge in [0.1, 0.15) is 11.4 Å². The van der Waals surface area contributed by atoms with Gasteiger partial charge in [0, 0.05) is 11.0 Å². The van der Waals surface area contributed by atoms with Crippen LogP contribution >= 0.6 is 15.9 Å². The Hall–Kier alpha value is -0.940. The summed E-state index contributed by atoms with van der Waals surface area (Å²) >= 11 is 3.31. The predicted molar refractivity (Wildman–Crippen MR) is 76.5 cm³/mol. The molecule has 0 aromatic heterocycles. The van der Waals surface area contributed by atoms with Gasteiger partial charge in [0.15, 0.2) is 0 Å². The van der Waals surface area contributed by atoms with E-state index in [0.717, 1.165) is 4.47 Å². The summed E-state index contributed by atoms with van der Waals surface area (Å²) in [6.07, 6.45) is 0.508. The summed E-state index contributed by atoms with van der Waals surface area (Å²) in [5.41, 5.74) is -0.153. The number of carbonyl (C=O) groups is 1. The van der Waals surface area contributed by atoms with Gasteiger partial charge in [-0.05, 0) is 51.0 Å². The zero-order valence-corrected chi connectivity index (χ0v) is 13.0. The Morgan fingerprint density at radius 2 is 2.16 bits per heavy atom. The fraction of sp³-hybridized carbons (Fsp3) is 0.500. The van der Waals surface area contributed by atoms with E-state index in [4.69, 9.17) is 4.74 Å². The SMILES string of the molecule is CCOC(=O)C(C)(C)NCCc1cc(Br)ccc1F. The zero-order valence-electron chi connectivity index (χ0n) is 11.4. The van der Waals surface area contributed by atoms with Crippen molar-refractivity contribution in [2.75, 3.05) is 13.2 Å². The lowest BCUT2D eigenvalue weighted by atomic mass is 10.1. The molecule has 0 aliphatic carbocycles. The highest BCUT2D eigenvalue weighted by Gasteiger charge is 2.28. The number of nitrogens with one attached hydrogen (secondary N) is 1. The van der Waals surface area contributed by atoms with Gasteiger partial charge in [0.05, 0.1) is 6.61 Å². The van der Waals surface area contributed by atoms with Crippen LogP contribution in [-0.4, -0.2) is 24.7 Å². The van der Waals surface area contributed by atoms with Crippen LogP contribution in [0.1, 0.15) is 26.3 Å². The van der Waals surface area contributed by atoms with Gasteiger partial charge in [-0.1, -0.05) is 15.9 Å². The maximum absolute atomic E-state index is 13.5. The molecule has 0 aliphatic rings. The second-order valence-electron chi connectivity index (χ2n) is 4.76. The number of rotatable bonds is 6. The Kier molecular flexibility index (Phi) is 5.94. The number of carbonyl (C=O) groups excluding carboxylic acids is 1. The first-order valence-corrected chi connectivity index (χ1v) is 7.02. The molecule has 1 aromatic rings. The Balaban J connectivity index is 2.54. The molecular formula is C14H19BrFNO2. The minimum absolute atomic E-state index is 0.237. The summed E-state index contributed by atoms with van der Waals surface area (Å²) in [6.45, 7) is 6.12. The second-order valence-corrected chi connectivity index (χ2v) is 5.67. The van der Waals surface area contributed by atoms with Crippen LogP contribution in [0.15, 0.2) is 22.7 Å². The number of hydrogen-bond donors (Lipinski definition) is 1. The summed E-state index contributed by atoms with van der Waals surface area (Å²) in [4.78, 5) is 11.7. The lowest BCUT2D eigenvalue weighted by molar-refractivity contribution is -0.149. The standard InChI is InChI=1S/C14H19BrFNO2/c1-4-19-13(18)14(2,3)17-8-7-10-9-11(15)5-6-12(10)16/h5-6,9,17H,4,7-8H2,1-3H3. The summed E-state index contributed by atoms with van der Waals surface area (Å²) < 4.78 is 19.3. The average Bonchev–Trinajstić information content (AvgIpc) is 2.33. The van der Waals surface area contributed by atoms with Gasteiger partial charge in [-0.2, -0.15) is 0 Å². The topological polar surface area (TPSA) is 38.3 Å². The summed E-state index contributed by atoms with van der Waals surface area (Å²) in [5, 5.41) is 3.08. The molecule has 5 heteroatoms. The van der Waals surface area contributed by atoms with E-state index < -0.39 is 5.54 Å². The first kappa shape index (κ1) is 16.1. The molecule has 0 radical (unpaired) electrons.